The van der Waals surface area contributed by atoms with E-state index in [1.807, 2.05) is 36.4 Å². The lowest BCUT2D eigenvalue weighted by Gasteiger charge is -2.13. The minimum atomic E-state index is -0.571. The van der Waals surface area contributed by atoms with Crippen LogP contribution < -0.4 is 0 Å². The van der Waals surface area contributed by atoms with Crippen molar-refractivity contribution in [2.75, 3.05) is 13.2 Å². The third kappa shape index (κ3) is 4.04. The third-order valence-electron chi connectivity index (χ3n) is 4.34. The normalized spacial score (nSPS) is 12.6. The standard InChI is InChI=1S/C21H18N2O4/c22-11-4-5-13-27-21(26)16-8-9-17-18(14-16)20(25)23(19(17)24)12-10-15-6-2-1-3-7-15/h1-3,6-9,14H,4-5,10,12-13H2. The van der Waals surface area contributed by atoms with Crippen LogP contribution in [0.25, 0.3) is 0 Å². The van der Waals surface area contributed by atoms with Crippen molar-refractivity contribution in [1.82, 2.24) is 4.90 Å². The number of carbonyl (C=O) groups excluding carboxylic acids is 3. The van der Waals surface area contributed by atoms with Crippen LogP contribution in [0.1, 0.15) is 49.5 Å². The summed E-state index contributed by atoms with van der Waals surface area (Å²) < 4.78 is 5.08. The van der Waals surface area contributed by atoms with Crippen LogP contribution in [0, 0.1) is 11.3 Å². The maximum atomic E-state index is 12.6. The van der Waals surface area contributed by atoms with E-state index in [9.17, 15) is 14.4 Å². The zero-order valence-corrected chi connectivity index (χ0v) is 14.7. The molecule has 0 atom stereocenters. The van der Waals surface area contributed by atoms with Crippen molar-refractivity contribution in [2.24, 2.45) is 0 Å². The van der Waals surface area contributed by atoms with Gasteiger partial charge in [-0.15, -0.1) is 0 Å². The molecule has 2 aromatic rings. The number of esters is 1. The van der Waals surface area contributed by atoms with Crippen LogP contribution >= 0.6 is 0 Å². The number of imide groups is 1. The molecule has 0 unspecified atom stereocenters. The van der Waals surface area contributed by atoms with Gasteiger partial charge in [-0.1, -0.05) is 30.3 Å². The molecule has 0 spiro atoms. The molecule has 1 aliphatic heterocycles. The monoisotopic (exact) mass is 362 g/mol. The van der Waals surface area contributed by atoms with E-state index in [2.05, 4.69) is 0 Å². The number of unbranched alkanes of at least 4 members (excludes halogenated alkanes) is 1. The van der Waals surface area contributed by atoms with E-state index in [0.29, 0.717) is 24.8 Å². The van der Waals surface area contributed by atoms with Crippen LogP contribution in [0.15, 0.2) is 48.5 Å². The largest absolute Gasteiger partial charge is 0.462 e. The Morgan fingerprint density at radius 2 is 1.78 bits per heavy atom. The molecule has 0 saturated carbocycles. The molecule has 27 heavy (non-hydrogen) atoms. The molecular formula is C21H18N2O4. The van der Waals surface area contributed by atoms with E-state index >= 15 is 0 Å². The van der Waals surface area contributed by atoms with Crippen LogP contribution in [-0.4, -0.2) is 35.8 Å². The molecule has 1 aliphatic rings. The lowest BCUT2D eigenvalue weighted by atomic mass is 10.1. The van der Waals surface area contributed by atoms with Gasteiger partial charge < -0.3 is 4.74 Å². The number of amides is 2. The first-order valence-electron chi connectivity index (χ1n) is 8.70. The van der Waals surface area contributed by atoms with Gasteiger partial charge in [-0.3, -0.25) is 14.5 Å². The lowest BCUT2D eigenvalue weighted by Crippen LogP contribution is -2.31. The first-order valence-corrected chi connectivity index (χ1v) is 8.70. The van der Waals surface area contributed by atoms with Crippen molar-refractivity contribution >= 4 is 17.8 Å². The second-order valence-corrected chi connectivity index (χ2v) is 6.16. The third-order valence-corrected chi connectivity index (χ3v) is 4.34. The number of nitriles is 1. The highest BCUT2D eigenvalue weighted by atomic mass is 16.5. The number of benzene rings is 2. The van der Waals surface area contributed by atoms with Crippen LogP contribution in [0.5, 0.6) is 0 Å². The minimum Gasteiger partial charge on any atom is -0.462 e. The summed E-state index contributed by atoms with van der Waals surface area (Å²) >= 11 is 0. The summed E-state index contributed by atoms with van der Waals surface area (Å²) in [5.74, 6) is -1.32. The lowest BCUT2D eigenvalue weighted by molar-refractivity contribution is 0.0501. The molecule has 0 fully saturated rings. The van der Waals surface area contributed by atoms with E-state index in [4.69, 9.17) is 10.00 Å². The Kier molecular flexibility index (Phi) is 5.62. The molecule has 0 aliphatic carbocycles. The highest BCUT2D eigenvalue weighted by Gasteiger charge is 2.35. The summed E-state index contributed by atoms with van der Waals surface area (Å²) in [5, 5.41) is 8.49. The maximum Gasteiger partial charge on any atom is 0.338 e. The van der Waals surface area contributed by atoms with Crippen LogP contribution in [-0.2, 0) is 11.2 Å². The number of hydrogen-bond acceptors (Lipinski definition) is 5. The van der Waals surface area contributed by atoms with E-state index in [0.717, 1.165) is 5.56 Å². The zero-order valence-electron chi connectivity index (χ0n) is 14.7. The summed E-state index contributed by atoms with van der Waals surface area (Å²) in [7, 11) is 0. The van der Waals surface area contributed by atoms with Gasteiger partial charge in [0.15, 0.2) is 0 Å². The highest BCUT2D eigenvalue weighted by molar-refractivity contribution is 6.21. The molecule has 0 saturated heterocycles. The molecule has 3 rings (SSSR count). The summed E-state index contributed by atoms with van der Waals surface area (Å²) in [6.45, 7) is 0.420. The number of fused-ring (bicyclic) bond motifs is 1. The number of ether oxygens (including phenoxy) is 1. The van der Waals surface area contributed by atoms with E-state index in [-0.39, 0.29) is 30.2 Å². The molecule has 1 heterocycles. The van der Waals surface area contributed by atoms with Crippen LogP contribution in [0.2, 0.25) is 0 Å². The van der Waals surface area contributed by atoms with Gasteiger partial charge >= 0.3 is 5.97 Å². The Morgan fingerprint density at radius 3 is 2.52 bits per heavy atom. The zero-order chi connectivity index (χ0) is 19.2. The average molecular weight is 362 g/mol. The van der Waals surface area contributed by atoms with Crippen LogP contribution in [0.3, 0.4) is 0 Å². The van der Waals surface area contributed by atoms with Crippen molar-refractivity contribution in [3.8, 4) is 6.07 Å². The van der Waals surface area contributed by atoms with Gasteiger partial charge in [0.25, 0.3) is 11.8 Å². The van der Waals surface area contributed by atoms with Gasteiger partial charge in [-0.2, -0.15) is 5.26 Å². The summed E-state index contributed by atoms with van der Waals surface area (Å²) in [5.41, 5.74) is 1.78. The van der Waals surface area contributed by atoms with Gasteiger partial charge in [0.05, 0.1) is 29.4 Å². The Labute approximate surface area is 157 Å². The highest BCUT2D eigenvalue weighted by Crippen LogP contribution is 2.24. The average Bonchev–Trinajstić information content (AvgIpc) is 2.94. The van der Waals surface area contributed by atoms with E-state index < -0.39 is 11.9 Å². The predicted octanol–water partition coefficient (Wildman–Crippen LogP) is 2.99. The maximum absolute atomic E-state index is 12.6. The molecule has 2 aromatic carbocycles. The van der Waals surface area contributed by atoms with Crippen molar-refractivity contribution < 1.29 is 19.1 Å². The number of carbonyl (C=O) groups is 3. The first kappa shape index (κ1) is 18.3. The van der Waals surface area contributed by atoms with Gasteiger partial charge in [0.1, 0.15) is 0 Å². The second kappa shape index (κ2) is 8.28. The molecule has 136 valence electrons. The molecular weight excluding hydrogens is 344 g/mol. The van der Waals surface area contributed by atoms with Gasteiger partial charge in [-0.25, -0.2) is 4.79 Å². The topological polar surface area (TPSA) is 87.5 Å². The summed E-state index contributed by atoms with van der Waals surface area (Å²) in [6, 6.07) is 16.0. The van der Waals surface area contributed by atoms with Crippen molar-refractivity contribution in [1.29, 1.82) is 5.26 Å². The molecule has 6 heteroatoms. The number of rotatable bonds is 7. The summed E-state index contributed by atoms with van der Waals surface area (Å²) in [6.07, 6.45) is 1.33. The Hall–Kier alpha value is -3.46. The fourth-order valence-electron chi connectivity index (χ4n) is 2.91. The number of hydrogen-bond donors (Lipinski definition) is 0. The molecule has 6 nitrogen and oxygen atoms in total. The molecule has 2 amide bonds. The van der Waals surface area contributed by atoms with Crippen LogP contribution in [0.4, 0.5) is 0 Å². The van der Waals surface area contributed by atoms with Crippen molar-refractivity contribution in [2.45, 2.75) is 19.3 Å². The Bertz CT molecular complexity index is 916. The van der Waals surface area contributed by atoms with E-state index in [1.165, 1.54) is 23.1 Å². The minimum absolute atomic E-state index is 0.138. The molecule has 0 aromatic heterocycles. The second-order valence-electron chi connectivity index (χ2n) is 6.16. The summed E-state index contributed by atoms with van der Waals surface area (Å²) in [4.78, 5) is 38.4. The van der Waals surface area contributed by atoms with Gasteiger partial charge in [-0.05, 0) is 36.6 Å². The fraction of sp³-hybridized carbons (Fsp3) is 0.238. The molecule has 0 N–H and O–H groups in total. The molecule has 0 bridgehead atoms. The Morgan fingerprint density at radius 1 is 1.04 bits per heavy atom. The van der Waals surface area contributed by atoms with Crippen molar-refractivity contribution in [3.05, 3.63) is 70.8 Å². The smallest absolute Gasteiger partial charge is 0.338 e. The van der Waals surface area contributed by atoms with Gasteiger partial charge in [0, 0.05) is 13.0 Å². The SMILES string of the molecule is N#CCCCOC(=O)c1ccc2c(c1)C(=O)N(CCc1ccccc1)C2=O. The van der Waals surface area contributed by atoms with Gasteiger partial charge in [0.2, 0.25) is 0 Å². The molecule has 0 radical (unpaired) electrons. The fourth-order valence-corrected chi connectivity index (χ4v) is 2.91. The first-order chi connectivity index (χ1) is 13.1. The van der Waals surface area contributed by atoms with E-state index in [1.54, 1.807) is 0 Å². The van der Waals surface area contributed by atoms with Crippen molar-refractivity contribution in [3.63, 3.8) is 0 Å². The predicted molar refractivity (Wildman–Crippen MR) is 97.1 cm³/mol. The Balaban J connectivity index is 1.69. The quantitative estimate of drug-likeness (QED) is 0.429. The number of nitrogens with zero attached hydrogens (tertiary/aromatic N) is 2.